The van der Waals surface area contributed by atoms with Crippen molar-refractivity contribution in [3.8, 4) is 0 Å². The van der Waals surface area contributed by atoms with E-state index in [9.17, 15) is 22.8 Å². The van der Waals surface area contributed by atoms with E-state index in [1.165, 1.54) is 25.2 Å². The Morgan fingerprint density at radius 3 is 2.57 bits per heavy atom. The van der Waals surface area contributed by atoms with Gasteiger partial charge in [-0.2, -0.15) is 13.2 Å². The highest BCUT2D eigenvalue weighted by Crippen LogP contribution is 2.21. The minimum atomic E-state index is -5.04. The largest absolute Gasteiger partial charge is 0.471 e. The van der Waals surface area contributed by atoms with Crippen molar-refractivity contribution in [2.75, 3.05) is 0 Å². The summed E-state index contributed by atoms with van der Waals surface area (Å²) in [7, 11) is 0. The molecule has 0 radical (unpaired) electrons. The highest BCUT2D eigenvalue weighted by molar-refractivity contribution is 7.18. The Labute approximate surface area is 133 Å². The molecular weight excluding hydrogens is 333 g/mol. The molecule has 0 fully saturated rings. The topological polar surface area (TPSA) is 84.0 Å². The monoisotopic (exact) mass is 346 g/mol. The summed E-state index contributed by atoms with van der Waals surface area (Å²) in [5, 5.41) is 4.70. The van der Waals surface area contributed by atoms with E-state index in [1.807, 2.05) is 0 Å². The van der Waals surface area contributed by atoms with Gasteiger partial charge in [-0.05, 0) is 19.9 Å². The third-order valence-corrected chi connectivity index (χ3v) is 3.92. The first kappa shape index (κ1) is 17.1. The van der Waals surface area contributed by atoms with Crippen LogP contribution in [0.4, 0.5) is 13.2 Å². The van der Waals surface area contributed by atoms with Crippen molar-refractivity contribution in [3.05, 3.63) is 23.5 Å². The zero-order valence-electron chi connectivity index (χ0n) is 12.2. The average Bonchev–Trinajstić information content (AvgIpc) is 2.85. The van der Waals surface area contributed by atoms with E-state index in [4.69, 9.17) is 0 Å². The van der Waals surface area contributed by atoms with Gasteiger partial charge >= 0.3 is 12.1 Å². The third kappa shape index (κ3) is 4.15. The molecule has 6 nitrogen and oxygen atoms in total. The van der Waals surface area contributed by atoms with Gasteiger partial charge in [-0.1, -0.05) is 0 Å². The van der Waals surface area contributed by atoms with Crippen LogP contribution >= 0.6 is 11.3 Å². The predicted octanol–water partition coefficient (Wildman–Crippen LogP) is 1.76. The second kappa shape index (κ2) is 6.11. The molecule has 0 spiro atoms. The average molecular weight is 346 g/mol. The first-order valence-electron chi connectivity index (χ1n) is 6.46. The molecule has 0 saturated heterocycles. The van der Waals surface area contributed by atoms with Gasteiger partial charge in [-0.25, -0.2) is 4.98 Å². The fraction of sp³-hybridized carbons (Fsp3) is 0.385. The maximum Gasteiger partial charge on any atom is 0.471 e. The Kier molecular flexibility index (Phi) is 4.55. The number of alkyl halides is 3. The SMILES string of the molecule is CC(C)(NC(=O)C(F)(F)F)C(=O)NCc1nc2cnccc2s1. The van der Waals surface area contributed by atoms with Crippen LogP contribution in [-0.2, 0) is 16.1 Å². The number of carbonyl (C=O) groups excluding carboxylic acids is 2. The first-order valence-corrected chi connectivity index (χ1v) is 7.28. The molecular formula is C13H13F3N4O2S. The number of pyridine rings is 1. The minimum Gasteiger partial charge on any atom is -0.348 e. The molecule has 0 saturated carbocycles. The Morgan fingerprint density at radius 2 is 1.96 bits per heavy atom. The van der Waals surface area contributed by atoms with E-state index >= 15 is 0 Å². The van der Waals surface area contributed by atoms with Crippen molar-refractivity contribution >= 4 is 33.4 Å². The lowest BCUT2D eigenvalue weighted by Gasteiger charge is -2.25. The van der Waals surface area contributed by atoms with Crippen molar-refractivity contribution in [2.45, 2.75) is 32.1 Å². The van der Waals surface area contributed by atoms with Crippen molar-refractivity contribution < 1.29 is 22.8 Å². The van der Waals surface area contributed by atoms with E-state index in [1.54, 1.807) is 23.8 Å². The number of hydrogen-bond donors (Lipinski definition) is 2. The van der Waals surface area contributed by atoms with Gasteiger partial charge in [0.25, 0.3) is 0 Å². The van der Waals surface area contributed by atoms with Gasteiger partial charge in [-0.15, -0.1) is 11.3 Å². The summed E-state index contributed by atoms with van der Waals surface area (Å²) in [4.78, 5) is 31.1. The van der Waals surface area contributed by atoms with E-state index in [0.29, 0.717) is 10.5 Å². The van der Waals surface area contributed by atoms with E-state index in [-0.39, 0.29) is 6.54 Å². The second-order valence-electron chi connectivity index (χ2n) is 5.21. The van der Waals surface area contributed by atoms with Gasteiger partial charge in [0, 0.05) is 6.20 Å². The number of aromatic nitrogens is 2. The predicted molar refractivity (Wildman–Crippen MR) is 77.5 cm³/mol. The summed E-state index contributed by atoms with van der Waals surface area (Å²) in [5.74, 6) is -2.91. The molecule has 0 aliphatic carbocycles. The second-order valence-corrected chi connectivity index (χ2v) is 6.33. The van der Waals surface area contributed by atoms with Gasteiger partial charge in [0.2, 0.25) is 5.91 Å². The Bertz CT molecular complexity index is 709. The number of halogens is 3. The molecule has 2 rings (SSSR count). The number of hydrogen-bond acceptors (Lipinski definition) is 5. The number of thiazole rings is 1. The number of amides is 2. The maximum absolute atomic E-state index is 12.3. The summed E-state index contributed by atoms with van der Waals surface area (Å²) in [6.45, 7) is 2.42. The summed E-state index contributed by atoms with van der Waals surface area (Å²) in [6.07, 6.45) is -1.86. The standard InChI is InChI=1S/C13H13F3N4O2S/c1-12(2,20-11(22)13(14,15)16)10(21)18-6-9-19-7-5-17-4-3-8(7)23-9/h3-5H,6H2,1-2H3,(H,18,21)(H,20,22). The van der Waals surface area contributed by atoms with Crippen LogP contribution in [0.3, 0.4) is 0 Å². The first-order chi connectivity index (χ1) is 10.6. The lowest BCUT2D eigenvalue weighted by atomic mass is 10.0. The number of carbonyl (C=O) groups is 2. The van der Waals surface area contributed by atoms with Crippen molar-refractivity contribution in [1.82, 2.24) is 20.6 Å². The van der Waals surface area contributed by atoms with Crippen LogP contribution in [0, 0.1) is 0 Å². The maximum atomic E-state index is 12.3. The number of nitrogens with zero attached hydrogens (tertiary/aromatic N) is 2. The zero-order valence-corrected chi connectivity index (χ0v) is 13.0. The molecule has 2 aromatic rings. The van der Waals surface area contributed by atoms with Crippen LogP contribution < -0.4 is 10.6 Å². The van der Waals surface area contributed by atoms with Gasteiger partial charge in [-0.3, -0.25) is 14.6 Å². The summed E-state index contributed by atoms with van der Waals surface area (Å²) in [5.41, 5.74) is -1.03. The van der Waals surface area contributed by atoms with Gasteiger partial charge in [0.05, 0.1) is 23.0 Å². The number of fused-ring (bicyclic) bond motifs is 1. The van der Waals surface area contributed by atoms with Crippen molar-refractivity contribution in [1.29, 1.82) is 0 Å². The highest BCUT2D eigenvalue weighted by Gasteiger charge is 2.43. The van der Waals surface area contributed by atoms with Gasteiger partial charge in [0.15, 0.2) is 0 Å². The minimum absolute atomic E-state index is 0.0451. The fourth-order valence-electron chi connectivity index (χ4n) is 1.69. The number of rotatable bonds is 4. The fourth-order valence-corrected chi connectivity index (χ4v) is 2.57. The van der Waals surface area contributed by atoms with E-state index in [2.05, 4.69) is 15.3 Å². The van der Waals surface area contributed by atoms with Crippen LogP contribution in [0.25, 0.3) is 10.2 Å². The van der Waals surface area contributed by atoms with E-state index in [0.717, 1.165) is 4.70 Å². The molecule has 0 aromatic carbocycles. The summed E-state index contributed by atoms with van der Waals surface area (Å²) < 4.78 is 37.6. The van der Waals surface area contributed by atoms with Crippen molar-refractivity contribution in [2.24, 2.45) is 0 Å². The van der Waals surface area contributed by atoms with Crippen LogP contribution in [0.5, 0.6) is 0 Å². The van der Waals surface area contributed by atoms with Crippen LogP contribution in [0.15, 0.2) is 18.5 Å². The molecule has 0 bridgehead atoms. The lowest BCUT2D eigenvalue weighted by molar-refractivity contribution is -0.176. The molecule has 0 atom stereocenters. The zero-order chi connectivity index (χ0) is 17.3. The third-order valence-electron chi connectivity index (χ3n) is 2.89. The van der Waals surface area contributed by atoms with Crippen LogP contribution in [-0.4, -0.2) is 33.5 Å². The van der Waals surface area contributed by atoms with E-state index < -0.39 is 23.5 Å². The molecule has 124 valence electrons. The van der Waals surface area contributed by atoms with Crippen LogP contribution in [0.1, 0.15) is 18.9 Å². The van der Waals surface area contributed by atoms with Crippen LogP contribution in [0.2, 0.25) is 0 Å². The molecule has 2 heterocycles. The quantitative estimate of drug-likeness (QED) is 0.884. The lowest BCUT2D eigenvalue weighted by Crippen LogP contribution is -2.57. The van der Waals surface area contributed by atoms with Gasteiger partial charge in [0.1, 0.15) is 10.5 Å². The molecule has 0 aliphatic heterocycles. The summed E-state index contributed by atoms with van der Waals surface area (Å²) in [6, 6.07) is 1.77. The Balaban J connectivity index is 1.99. The Hall–Kier alpha value is -2.23. The Morgan fingerprint density at radius 1 is 1.26 bits per heavy atom. The highest BCUT2D eigenvalue weighted by atomic mass is 32.1. The normalized spacial score (nSPS) is 12.2. The smallest absolute Gasteiger partial charge is 0.348 e. The molecule has 2 amide bonds. The molecule has 10 heteroatoms. The summed E-state index contributed by atoms with van der Waals surface area (Å²) >= 11 is 1.33. The molecule has 23 heavy (non-hydrogen) atoms. The molecule has 2 N–H and O–H groups in total. The number of nitrogens with one attached hydrogen (secondary N) is 2. The van der Waals surface area contributed by atoms with Gasteiger partial charge < -0.3 is 10.6 Å². The molecule has 2 aromatic heterocycles. The molecule has 0 aliphatic rings. The molecule has 0 unspecified atom stereocenters. The van der Waals surface area contributed by atoms with Crippen molar-refractivity contribution in [3.63, 3.8) is 0 Å².